The first kappa shape index (κ1) is 14.6. The number of rotatable bonds is 3. The highest BCUT2D eigenvalue weighted by Crippen LogP contribution is 2.35. The number of hydrogen-bond donors (Lipinski definition) is 0. The van der Waals surface area contributed by atoms with Crippen molar-refractivity contribution in [3.8, 4) is 0 Å². The molecule has 0 saturated heterocycles. The molecular formula is C16H24ClNO. The fraction of sp³-hybridized carbons (Fsp3) is 0.688. The second-order valence-electron chi connectivity index (χ2n) is 5.89. The van der Waals surface area contributed by atoms with Gasteiger partial charge in [-0.05, 0) is 38.7 Å². The number of halogens is 1. The predicted octanol–water partition coefficient (Wildman–Crippen LogP) is 4.67. The lowest BCUT2D eigenvalue weighted by atomic mass is 9.96. The van der Waals surface area contributed by atoms with Crippen LogP contribution in [0.3, 0.4) is 0 Å². The fourth-order valence-corrected chi connectivity index (χ4v) is 3.64. The highest BCUT2D eigenvalue weighted by atomic mass is 35.5. The molecule has 106 valence electrons. The molecule has 19 heavy (non-hydrogen) atoms. The Hall–Kier alpha value is -0.760. The first-order valence-electron chi connectivity index (χ1n) is 7.33. The van der Waals surface area contributed by atoms with E-state index in [0.29, 0.717) is 12.0 Å². The van der Waals surface area contributed by atoms with Crippen molar-refractivity contribution in [2.75, 3.05) is 5.88 Å². The Kier molecular flexibility index (Phi) is 4.72. The molecule has 2 rings (SSSR count). The number of carbonyl (C=O) groups is 1. The van der Waals surface area contributed by atoms with Crippen molar-refractivity contribution in [1.29, 1.82) is 0 Å². The van der Waals surface area contributed by atoms with Gasteiger partial charge in [-0.15, -0.1) is 11.6 Å². The standard InChI is InChI=1S/C16H24ClNO/c1-11-7-5-4-6-8-15(11)18-12(2)9-14(13(18)3)16(19)10-17/h9,11,15H,4-8,10H2,1-3H3. The molecule has 1 saturated carbocycles. The summed E-state index contributed by atoms with van der Waals surface area (Å²) in [6, 6.07) is 2.55. The van der Waals surface area contributed by atoms with E-state index in [1.165, 1.54) is 37.8 Å². The van der Waals surface area contributed by atoms with Crippen LogP contribution in [0, 0.1) is 19.8 Å². The summed E-state index contributed by atoms with van der Waals surface area (Å²) in [6.07, 6.45) is 6.50. The maximum Gasteiger partial charge on any atom is 0.179 e. The van der Waals surface area contributed by atoms with Gasteiger partial charge in [0, 0.05) is 23.0 Å². The Morgan fingerprint density at radius 1 is 1.32 bits per heavy atom. The Balaban J connectivity index is 2.38. The maximum atomic E-state index is 11.9. The van der Waals surface area contributed by atoms with Crippen molar-refractivity contribution in [2.45, 2.75) is 58.9 Å². The topological polar surface area (TPSA) is 22.0 Å². The van der Waals surface area contributed by atoms with E-state index in [2.05, 4.69) is 25.3 Å². The molecule has 0 N–H and O–H groups in total. The summed E-state index contributed by atoms with van der Waals surface area (Å²) in [5, 5.41) is 0. The summed E-state index contributed by atoms with van der Waals surface area (Å²) >= 11 is 5.70. The number of ketones is 1. The number of aryl methyl sites for hydroxylation is 1. The van der Waals surface area contributed by atoms with Crippen LogP contribution in [0.15, 0.2) is 6.07 Å². The summed E-state index contributed by atoms with van der Waals surface area (Å²) in [5.41, 5.74) is 3.11. The molecule has 2 nitrogen and oxygen atoms in total. The predicted molar refractivity (Wildman–Crippen MR) is 80.2 cm³/mol. The summed E-state index contributed by atoms with van der Waals surface area (Å²) in [6.45, 7) is 6.51. The third-order valence-electron chi connectivity index (χ3n) is 4.55. The zero-order chi connectivity index (χ0) is 14.0. The van der Waals surface area contributed by atoms with Crippen molar-refractivity contribution >= 4 is 17.4 Å². The van der Waals surface area contributed by atoms with Crippen LogP contribution in [0.2, 0.25) is 0 Å². The van der Waals surface area contributed by atoms with E-state index in [-0.39, 0.29) is 11.7 Å². The van der Waals surface area contributed by atoms with E-state index in [9.17, 15) is 4.79 Å². The van der Waals surface area contributed by atoms with Gasteiger partial charge in [0.25, 0.3) is 0 Å². The van der Waals surface area contributed by atoms with E-state index >= 15 is 0 Å². The number of hydrogen-bond acceptors (Lipinski definition) is 1. The van der Waals surface area contributed by atoms with Crippen molar-refractivity contribution in [2.24, 2.45) is 5.92 Å². The van der Waals surface area contributed by atoms with Crippen LogP contribution in [-0.4, -0.2) is 16.2 Å². The number of carbonyl (C=O) groups excluding carboxylic acids is 1. The molecule has 0 radical (unpaired) electrons. The molecule has 1 aliphatic carbocycles. The molecule has 0 aromatic carbocycles. The molecule has 2 unspecified atom stereocenters. The Morgan fingerprint density at radius 3 is 2.68 bits per heavy atom. The average molecular weight is 282 g/mol. The average Bonchev–Trinajstić information content (AvgIpc) is 2.56. The normalized spacial score (nSPS) is 24.2. The van der Waals surface area contributed by atoms with Gasteiger partial charge in [-0.3, -0.25) is 4.79 Å². The Morgan fingerprint density at radius 2 is 2.00 bits per heavy atom. The second kappa shape index (κ2) is 6.13. The van der Waals surface area contributed by atoms with Gasteiger partial charge < -0.3 is 4.57 Å². The molecule has 0 aliphatic heterocycles. The van der Waals surface area contributed by atoms with Gasteiger partial charge in [-0.2, -0.15) is 0 Å². The molecule has 1 heterocycles. The van der Waals surface area contributed by atoms with E-state index in [1.807, 2.05) is 6.07 Å². The molecule has 1 aliphatic rings. The Bertz CT molecular complexity index is 464. The summed E-state index contributed by atoms with van der Waals surface area (Å²) < 4.78 is 2.38. The molecule has 0 bridgehead atoms. The van der Waals surface area contributed by atoms with Gasteiger partial charge in [0.05, 0.1) is 5.88 Å². The van der Waals surface area contributed by atoms with Gasteiger partial charge in [0.1, 0.15) is 0 Å². The first-order chi connectivity index (χ1) is 9.06. The smallest absolute Gasteiger partial charge is 0.179 e. The minimum absolute atomic E-state index is 0.0438. The minimum atomic E-state index is 0.0438. The van der Waals surface area contributed by atoms with Crippen molar-refractivity contribution in [1.82, 2.24) is 4.57 Å². The van der Waals surface area contributed by atoms with Crippen LogP contribution < -0.4 is 0 Å². The number of alkyl halides is 1. The van der Waals surface area contributed by atoms with Gasteiger partial charge in [-0.25, -0.2) is 0 Å². The van der Waals surface area contributed by atoms with Crippen LogP contribution in [0.4, 0.5) is 0 Å². The largest absolute Gasteiger partial charge is 0.345 e. The minimum Gasteiger partial charge on any atom is -0.345 e. The molecule has 0 spiro atoms. The summed E-state index contributed by atoms with van der Waals surface area (Å²) in [4.78, 5) is 11.9. The van der Waals surface area contributed by atoms with Crippen LogP contribution in [0.5, 0.6) is 0 Å². The van der Waals surface area contributed by atoms with E-state index < -0.39 is 0 Å². The lowest BCUT2D eigenvalue weighted by molar-refractivity contribution is 0.102. The highest BCUT2D eigenvalue weighted by Gasteiger charge is 2.25. The van der Waals surface area contributed by atoms with Crippen LogP contribution in [0.25, 0.3) is 0 Å². The molecule has 1 aromatic heterocycles. The quantitative estimate of drug-likeness (QED) is 0.448. The number of aromatic nitrogens is 1. The van der Waals surface area contributed by atoms with Crippen molar-refractivity contribution in [3.63, 3.8) is 0 Å². The van der Waals surface area contributed by atoms with Crippen molar-refractivity contribution in [3.05, 3.63) is 23.0 Å². The molecule has 0 amide bonds. The lowest BCUT2D eigenvalue weighted by Gasteiger charge is -2.26. The van der Waals surface area contributed by atoms with E-state index in [1.54, 1.807) is 0 Å². The Labute approximate surface area is 121 Å². The van der Waals surface area contributed by atoms with Crippen molar-refractivity contribution < 1.29 is 4.79 Å². The zero-order valence-electron chi connectivity index (χ0n) is 12.2. The van der Waals surface area contributed by atoms with Crippen LogP contribution >= 0.6 is 11.6 Å². The van der Waals surface area contributed by atoms with E-state index in [0.717, 1.165) is 11.3 Å². The molecule has 3 heteroatoms. The van der Waals surface area contributed by atoms with Crippen LogP contribution in [-0.2, 0) is 0 Å². The fourth-order valence-electron chi connectivity index (χ4n) is 3.50. The van der Waals surface area contributed by atoms with Gasteiger partial charge in [0.2, 0.25) is 0 Å². The lowest BCUT2D eigenvalue weighted by Crippen LogP contribution is -2.19. The number of nitrogens with zero attached hydrogens (tertiary/aromatic N) is 1. The van der Waals surface area contributed by atoms with Crippen LogP contribution in [0.1, 0.15) is 66.8 Å². The second-order valence-corrected chi connectivity index (χ2v) is 6.16. The molecule has 2 atom stereocenters. The zero-order valence-corrected chi connectivity index (χ0v) is 13.0. The summed E-state index contributed by atoms with van der Waals surface area (Å²) in [7, 11) is 0. The van der Waals surface area contributed by atoms with Gasteiger partial charge >= 0.3 is 0 Å². The maximum absolute atomic E-state index is 11.9. The number of Topliss-reactive ketones (excluding diaryl/α,β-unsaturated/α-hetero) is 1. The highest BCUT2D eigenvalue weighted by molar-refractivity contribution is 6.30. The molecule has 1 aromatic rings. The first-order valence-corrected chi connectivity index (χ1v) is 7.87. The van der Waals surface area contributed by atoms with Gasteiger partial charge in [-0.1, -0.05) is 26.2 Å². The summed E-state index contributed by atoms with van der Waals surface area (Å²) in [5.74, 6) is 0.804. The molecular weight excluding hydrogens is 258 g/mol. The SMILES string of the molecule is Cc1cc(C(=O)CCl)c(C)n1C1CCCCCC1C. The van der Waals surface area contributed by atoms with Gasteiger partial charge in [0.15, 0.2) is 5.78 Å². The third-order valence-corrected chi connectivity index (χ3v) is 4.80. The third kappa shape index (κ3) is 2.89. The monoisotopic (exact) mass is 281 g/mol. The van der Waals surface area contributed by atoms with E-state index in [4.69, 9.17) is 11.6 Å². The molecule has 1 fully saturated rings.